The van der Waals surface area contributed by atoms with Crippen LogP contribution in [0, 0.1) is 0 Å². The van der Waals surface area contributed by atoms with Crippen molar-refractivity contribution in [1.82, 2.24) is 19.6 Å². The predicted octanol–water partition coefficient (Wildman–Crippen LogP) is 4.18. The minimum atomic E-state index is -0.372. The maximum absolute atomic E-state index is 10.0. The fourth-order valence-corrected chi connectivity index (χ4v) is 2.88. The Kier molecular flexibility index (Phi) is 4.54. The Balaban J connectivity index is 2.13. The first-order chi connectivity index (χ1) is 12.5. The maximum atomic E-state index is 10.0. The van der Waals surface area contributed by atoms with Gasteiger partial charge in [-0.1, -0.05) is 47.6 Å². The van der Waals surface area contributed by atoms with Gasteiger partial charge in [-0.3, -0.25) is 0 Å². The summed E-state index contributed by atoms with van der Waals surface area (Å²) in [7, 11) is 0. The smallest absolute Gasteiger partial charge is 0.168 e. The van der Waals surface area contributed by atoms with Crippen LogP contribution < -0.4 is 0 Å². The fourth-order valence-electron chi connectivity index (χ4n) is 2.88. The Morgan fingerprint density at radius 3 is 1.59 bits per heavy atom. The molecule has 3 aromatic rings. The molecule has 0 aliphatic heterocycles. The molecule has 0 amide bonds. The lowest BCUT2D eigenvalue weighted by Crippen LogP contribution is -2.23. The monoisotopic (exact) mass is 368 g/mol. The van der Waals surface area contributed by atoms with Crippen molar-refractivity contribution in [2.75, 3.05) is 0 Å². The van der Waals surface area contributed by atoms with Crippen LogP contribution >= 0.6 is 0 Å². The normalized spacial score (nSPS) is 12.7. The van der Waals surface area contributed by atoms with Gasteiger partial charge in [0.25, 0.3) is 0 Å². The lowest BCUT2D eigenvalue weighted by atomic mass is 9.93. The summed E-state index contributed by atoms with van der Waals surface area (Å²) < 4.78 is 3.68. The van der Waals surface area contributed by atoms with Crippen molar-refractivity contribution in [2.45, 2.75) is 58.5 Å². The summed E-state index contributed by atoms with van der Waals surface area (Å²) in [5.41, 5.74) is 2.57. The zero-order valence-electron chi connectivity index (χ0n) is 16.8. The summed E-state index contributed by atoms with van der Waals surface area (Å²) in [4.78, 5) is 0. The minimum absolute atomic E-state index is 0.0758. The Hall–Kier alpha value is -2.76. The number of rotatable bonds is 3. The van der Waals surface area contributed by atoms with Crippen molar-refractivity contribution in [3.8, 4) is 11.5 Å². The number of aromatic nitrogens is 4. The van der Waals surface area contributed by atoms with Gasteiger partial charge in [0.15, 0.2) is 17.7 Å². The summed E-state index contributed by atoms with van der Waals surface area (Å²) in [6.45, 7) is 12.7. The number of hydrogen-bond acceptors (Lipinski definition) is 4. The van der Waals surface area contributed by atoms with Crippen LogP contribution in [0.3, 0.4) is 0 Å². The first-order valence-electron chi connectivity index (χ1n) is 9.10. The molecule has 2 N–H and O–H groups in total. The van der Waals surface area contributed by atoms with Crippen molar-refractivity contribution in [2.24, 2.45) is 0 Å². The first-order valence-corrected chi connectivity index (χ1v) is 9.10. The average Bonchev–Trinajstić information content (AvgIpc) is 3.20. The van der Waals surface area contributed by atoms with Gasteiger partial charge in [0.05, 0.1) is 11.4 Å². The van der Waals surface area contributed by atoms with Crippen LogP contribution in [0.15, 0.2) is 42.7 Å². The molecule has 144 valence electrons. The fraction of sp³-hybridized carbons (Fsp3) is 0.429. The van der Waals surface area contributed by atoms with Crippen LogP contribution in [0.5, 0.6) is 11.5 Å². The van der Waals surface area contributed by atoms with Crippen LogP contribution in [-0.2, 0) is 10.8 Å². The molecular formula is C21H28N4O2. The van der Waals surface area contributed by atoms with Gasteiger partial charge >= 0.3 is 0 Å². The Labute approximate surface area is 160 Å². The highest BCUT2D eigenvalue weighted by Gasteiger charge is 2.25. The molecule has 3 rings (SSSR count). The molecule has 0 aliphatic rings. The van der Waals surface area contributed by atoms with Crippen molar-refractivity contribution >= 4 is 0 Å². The van der Waals surface area contributed by atoms with Crippen molar-refractivity contribution in [3.63, 3.8) is 0 Å². The molecule has 6 nitrogen and oxygen atoms in total. The highest BCUT2D eigenvalue weighted by atomic mass is 16.3. The molecule has 0 spiro atoms. The van der Waals surface area contributed by atoms with E-state index in [1.165, 1.54) is 6.07 Å². The third-order valence-corrected chi connectivity index (χ3v) is 4.55. The second kappa shape index (κ2) is 6.44. The van der Waals surface area contributed by atoms with Gasteiger partial charge in [-0.15, -0.1) is 0 Å². The van der Waals surface area contributed by atoms with Gasteiger partial charge in [0, 0.05) is 28.8 Å². The van der Waals surface area contributed by atoms with Crippen molar-refractivity contribution in [3.05, 3.63) is 59.7 Å². The molecule has 2 aromatic heterocycles. The van der Waals surface area contributed by atoms with Crippen molar-refractivity contribution < 1.29 is 10.2 Å². The second-order valence-corrected chi connectivity index (χ2v) is 8.98. The summed E-state index contributed by atoms with van der Waals surface area (Å²) in [5, 5.41) is 29.2. The zero-order valence-corrected chi connectivity index (χ0v) is 16.8. The summed E-state index contributed by atoms with van der Waals surface area (Å²) in [5.74, 6) is -0.312. The van der Waals surface area contributed by atoms with Crippen LogP contribution in [0.25, 0.3) is 0 Å². The lowest BCUT2D eigenvalue weighted by molar-refractivity contribution is 0.387. The molecular weight excluding hydrogens is 340 g/mol. The Morgan fingerprint density at radius 2 is 1.22 bits per heavy atom. The third-order valence-electron chi connectivity index (χ3n) is 4.55. The molecule has 0 radical (unpaired) electrons. The van der Waals surface area contributed by atoms with Crippen molar-refractivity contribution in [1.29, 1.82) is 0 Å². The van der Waals surface area contributed by atoms with E-state index in [0.717, 1.165) is 17.0 Å². The molecule has 0 bridgehead atoms. The lowest BCUT2D eigenvalue weighted by Gasteiger charge is -2.21. The van der Waals surface area contributed by atoms with E-state index in [0.29, 0.717) is 0 Å². The molecule has 0 saturated heterocycles. The summed E-state index contributed by atoms with van der Waals surface area (Å²) in [6, 6.07) is 8.82. The summed E-state index contributed by atoms with van der Waals surface area (Å²) >= 11 is 0. The third kappa shape index (κ3) is 3.84. The minimum Gasteiger partial charge on any atom is -0.504 e. The van der Waals surface area contributed by atoms with E-state index in [9.17, 15) is 10.2 Å². The van der Waals surface area contributed by atoms with E-state index in [4.69, 9.17) is 10.2 Å². The van der Waals surface area contributed by atoms with Gasteiger partial charge < -0.3 is 10.2 Å². The molecule has 27 heavy (non-hydrogen) atoms. The molecule has 0 atom stereocenters. The highest BCUT2D eigenvalue weighted by molar-refractivity contribution is 5.41. The van der Waals surface area contributed by atoms with Gasteiger partial charge in [-0.2, -0.15) is 10.2 Å². The topological polar surface area (TPSA) is 76.1 Å². The molecule has 0 aliphatic carbocycles. The van der Waals surface area contributed by atoms with Crippen LogP contribution in [-0.4, -0.2) is 29.8 Å². The SMILES string of the molecule is CC(C)(C)c1ccn(C(c2ccc(O)c(O)c2)n2ccc(C(C)(C)C)n2)n1. The number of phenolic OH excluding ortho intramolecular Hbond substituents is 2. The second-order valence-electron chi connectivity index (χ2n) is 8.98. The Bertz CT molecular complexity index is 889. The number of benzene rings is 1. The van der Waals surface area contributed by atoms with Crippen LogP contribution in [0.4, 0.5) is 0 Å². The molecule has 6 heteroatoms. The van der Waals surface area contributed by atoms with Gasteiger partial charge in [0.1, 0.15) is 0 Å². The number of phenols is 2. The standard InChI is InChI=1S/C21H28N4O2/c1-20(2,3)17-9-11-24(22-17)19(14-7-8-15(26)16(27)13-14)25-12-10-18(23-25)21(4,5)6/h7-13,19,26-27H,1-6H3. The zero-order chi connectivity index (χ0) is 20.0. The molecule has 1 aromatic carbocycles. The average molecular weight is 368 g/mol. The Morgan fingerprint density at radius 1 is 0.741 bits per heavy atom. The maximum Gasteiger partial charge on any atom is 0.168 e. The van der Waals surface area contributed by atoms with E-state index < -0.39 is 0 Å². The number of aromatic hydroxyl groups is 2. The number of nitrogens with zero attached hydrogens (tertiary/aromatic N) is 4. The molecule has 0 saturated carbocycles. The van der Waals surface area contributed by atoms with E-state index in [1.807, 2.05) is 33.9 Å². The van der Waals surface area contributed by atoms with E-state index >= 15 is 0 Å². The van der Waals surface area contributed by atoms with E-state index in [1.54, 1.807) is 12.1 Å². The van der Waals surface area contributed by atoms with Crippen LogP contribution in [0.2, 0.25) is 0 Å². The molecule has 0 unspecified atom stereocenters. The molecule has 2 heterocycles. The predicted molar refractivity (Wildman–Crippen MR) is 105 cm³/mol. The van der Waals surface area contributed by atoms with Gasteiger partial charge in [-0.05, 0) is 24.3 Å². The first kappa shape index (κ1) is 19.0. The highest BCUT2D eigenvalue weighted by Crippen LogP contribution is 2.31. The number of hydrogen-bond donors (Lipinski definition) is 2. The molecule has 0 fully saturated rings. The largest absolute Gasteiger partial charge is 0.504 e. The van der Waals surface area contributed by atoms with Gasteiger partial charge in [-0.25, -0.2) is 9.36 Å². The summed E-state index contributed by atoms with van der Waals surface area (Å²) in [6.07, 6.45) is 3.48. The van der Waals surface area contributed by atoms with E-state index in [-0.39, 0.29) is 28.5 Å². The quantitative estimate of drug-likeness (QED) is 0.680. The van der Waals surface area contributed by atoms with Gasteiger partial charge in [0.2, 0.25) is 0 Å². The van der Waals surface area contributed by atoms with Crippen LogP contribution in [0.1, 0.15) is 64.7 Å². The van der Waals surface area contributed by atoms with E-state index in [2.05, 4.69) is 41.5 Å².